The second-order valence-electron chi connectivity index (χ2n) is 7.59. The van der Waals surface area contributed by atoms with Gasteiger partial charge in [-0.05, 0) is 79.5 Å². The van der Waals surface area contributed by atoms with E-state index in [4.69, 9.17) is 10.8 Å². The number of rotatable bonds is 7. The average molecular weight is 436 g/mol. The lowest BCUT2D eigenvalue weighted by Gasteiger charge is -2.16. The first-order valence-electron chi connectivity index (χ1n) is 10.0. The zero-order valence-electron chi connectivity index (χ0n) is 16.6. The number of hydrogen-bond acceptors (Lipinski definition) is 3. The standard InChI is InChI=1S/C23H29N3O.2ClH/c24-18(14-17-6-5-7-19(15-17)25-11-13-27)16-21-20-8-1-2-9-22(20)26-12-4-3-10-23(21)26;;/h3-7,10,12,15,18,25,27H,1-2,8-9,11,13-14,16,24H2;2*1H. The molecule has 4 rings (SSSR count). The van der Waals surface area contributed by atoms with Crippen LogP contribution in [-0.4, -0.2) is 28.7 Å². The summed E-state index contributed by atoms with van der Waals surface area (Å²) in [5.74, 6) is 0. The number of aryl methyl sites for hydroxylation is 1. The van der Waals surface area contributed by atoms with Crippen LogP contribution in [-0.2, 0) is 25.7 Å². The summed E-state index contributed by atoms with van der Waals surface area (Å²) in [4.78, 5) is 0. The lowest BCUT2D eigenvalue weighted by atomic mass is 9.91. The van der Waals surface area contributed by atoms with Gasteiger partial charge in [0.1, 0.15) is 0 Å². The summed E-state index contributed by atoms with van der Waals surface area (Å²) in [5.41, 5.74) is 14.7. The summed E-state index contributed by atoms with van der Waals surface area (Å²) in [6, 6.07) is 14.9. The maximum absolute atomic E-state index is 8.98. The van der Waals surface area contributed by atoms with Gasteiger partial charge in [-0.15, -0.1) is 24.8 Å². The summed E-state index contributed by atoms with van der Waals surface area (Å²) in [6.45, 7) is 0.703. The smallest absolute Gasteiger partial charge is 0.0604 e. The number of hydrogen-bond donors (Lipinski definition) is 3. The minimum absolute atomic E-state index is 0. The molecular formula is C23H31Cl2N3O. The van der Waals surface area contributed by atoms with E-state index >= 15 is 0 Å². The molecule has 158 valence electrons. The Morgan fingerprint density at radius 3 is 2.69 bits per heavy atom. The molecule has 1 aliphatic rings. The van der Waals surface area contributed by atoms with Gasteiger partial charge in [0, 0.05) is 35.7 Å². The molecule has 3 aromatic rings. The highest BCUT2D eigenvalue weighted by molar-refractivity contribution is 5.85. The Bertz CT molecular complexity index is 926. The summed E-state index contributed by atoms with van der Waals surface area (Å²) in [5, 5.41) is 12.2. The fourth-order valence-corrected chi connectivity index (χ4v) is 4.43. The van der Waals surface area contributed by atoms with Gasteiger partial charge in [-0.25, -0.2) is 0 Å². The van der Waals surface area contributed by atoms with Crippen molar-refractivity contribution in [2.75, 3.05) is 18.5 Å². The lowest BCUT2D eigenvalue weighted by Crippen LogP contribution is -2.26. The van der Waals surface area contributed by atoms with Gasteiger partial charge in [0.15, 0.2) is 0 Å². The first-order chi connectivity index (χ1) is 13.3. The van der Waals surface area contributed by atoms with Crippen molar-refractivity contribution in [1.82, 2.24) is 4.40 Å². The van der Waals surface area contributed by atoms with Crippen molar-refractivity contribution in [2.24, 2.45) is 5.73 Å². The minimum Gasteiger partial charge on any atom is -0.395 e. The first-order valence-corrected chi connectivity index (χ1v) is 10.0. The third-order valence-electron chi connectivity index (χ3n) is 5.59. The maximum atomic E-state index is 8.98. The zero-order chi connectivity index (χ0) is 18.6. The second-order valence-corrected chi connectivity index (χ2v) is 7.59. The fraction of sp³-hybridized carbons (Fsp3) is 0.391. The Balaban J connectivity index is 0.00000150. The van der Waals surface area contributed by atoms with Crippen molar-refractivity contribution in [3.63, 3.8) is 0 Å². The van der Waals surface area contributed by atoms with Gasteiger partial charge < -0.3 is 20.6 Å². The van der Waals surface area contributed by atoms with Crippen LogP contribution >= 0.6 is 24.8 Å². The van der Waals surface area contributed by atoms with Crippen molar-refractivity contribution >= 4 is 36.0 Å². The Hall–Kier alpha value is -1.72. The molecule has 29 heavy (non-hydrogen) atoms. The Morgan fingerprint density at radius 2 is 1.86 bits per heavy atom. The molecule has 0 radical (unpaired) electrons. The molecule has 4 nitrogen and oxygen atoms in total. The zero-order valence-corrected chi connectivity index (χ0v) is 18.3. The van der Waals surface area contributed by atoms with Crippen molar-refractivity contribution < 1.29 is 5.11 Å². The topological polar surface area (TPSA) is 62.7 Å². The largest absolute Gasteiger partial charge is 0.395 e. The van der Waals surface area contributed by atoms with E-state index in [-0.39, 0.29) is 37.5 Å². The molecule has 0 bridgehead atoms. The van der Waals surface area contributed by atoms with Crippen LogP contribution in [0.2, 0.25) is 0 Å². The van der Waals surface area contributed by atoms with Crippen molar-refractivity contribution in [3.05, 3.63) is 71.0 Å². The third kappa shape index (κ3) is 5.26. The number of aromatic nitrogens is 1. The van der Waals surface area contributed by atoms with Crippen molar-refractivity contribution in [1.29, 1.82) is 0 Å². The molecule has 1 aromatic carbocycles. The molecule has 6 heteroatoms. The maximum Gasteiger partial charge on any atom is 0.0604 e. The SMILES string of the molecule is Cl.Cl.NC(Cc1cccc(NCCO)c1)Cc1c2c(n3ccccc13)CCCC2. The quantitative estimate of drug-likeness (QED) is 0.521. The van der Waals surface area contributed by atoms with E-state index in [9.17, 15) is 0 Å². The van der Waals surface area contributed by atoms with Gasteiger partial charge in [0.05, 0.1) is 6.61 Å². The number of nitrogens with two attached hydrogens (primary N) is 1. The van der Waals surface area contributed by atoms with Gasteiger partial charge in [-0.3, -0.25) is 0 Å². The monoisotopic (exact) mass is 435 g/mol. The molecule has 2 aromatic heterocycles. The van der Waals surface area contributed by atoms with E-state index in [0.717, 1.165) is 18.5 Å². The summed E-state index contributed by atoms with van der Waals surface area (Å²) in [7, 11) is 0. The number of anilines is 1. The van der Waals surface area contributed by atoms with E-state index in [1.165, 1.54) is 48.0 Å². The van der Waals surface area contributed by atoms with Gasteiger partial charge in [0.25, 0.3) is 0 Å². The van der Waals surface area contributed by atoms with E-state index in [0.29, 0.717) is 6.54 Å². The third-order valence-corrected chi connectivity index (χ3v) is 5.59. The predicted molar refractivity (Wildman–Crippen MR) is 126 cm³/mol. The number of fused-ring (bicyclic) bond motifs is 3. The Kier molecular flexibility index (Phi) is 8.84. The fourth-order valence-electron chi connectivity index (χ4n) is 4.43. The molecule has 2 heterocycles. The van der Waals surface area contributed by atoms with Crippen LogP contribution in [0.25, 0.3) is 5.52 Å². The van der Waals surface area contributed by atoms with Gasteiger partial charge in [-0.2, -0.15) is 0 Å². The molecule has 0 saturated heterocycles. The summed E-state index contributed by atoms with van der Waals surface area (Å²) in [6.07, 6.45) is 8.89. The number of pyridine rings is 1. The van der Waals surface area contributed by atoms with Crippen LogP contribution < -0.4 is 11.1 Å². The van der Waals surface area contributed by atoms with E-state index < -0.39 is 0 Å². The highest BCUT2D eigenvalue weighted by Crippen LogP contribution is 2.31. The van der Waals surface area contributed by atoms with Gasteiger partial charge in [-0.1, -0.05) is 18.2 Å². The molecular weight excluding hydrogens is 405 g/mol. The van der Waals surface area contributed by atoms with Crippen molar-refractivity contribution in [3.8, 4) is 0 Å². The summed E-state index contributed by atoms with van der Waals surface area (Å²) < 4.78 is 2.38. The number of nitrogens with zero attached hydrogens (tertiary/aromatic N) is 1. The molecule has 1 atom stereocenters. The van der Waals surface area contributed by atoms with E-state index in [2.05, 4.69) is 52.3 Å². The highest BCUT2D eigenvalue weighted by atomic mass is 35.5. The lowest BCUT2D eigenvalue weighted by molar-refractivity contribution is 0.311. The highest BCUT2D eigenvalue weighted by Gasteiger charge is 2.21. The van der Waals surface area contributed by atoms with Gasteiger partial charge >= 0.3 is 0 Å². The minimum atomic E-state index is 0. The van der Waals surface area contributed by atoms with E-state index in [1.807, 2.05) is 6.07 Å². The molecule has 0 spiro atoms. The number of nitrogens with one attached hydrogen (secondary N) is 1. The molecule has 1 aliphatic carbocycles. The predicted octanol–water partition coefficient (Wildman–Crippen LogP) is 4.18. The summed E-state index contributed by atoms with van der Waals surface area (Å²) >= 11 is 0. The number of aliphatic hydroxyl groups excluding tert-OH is 1. The van der Waals surface area contributed by atoms with Crippen LogP contribution in [0.4, 0.5) is 5.69 Å². The second kappa shape index (κ2) is 10.9. The van der Waals surface area contributed by atoms with Crippen LogP contribution in [0, 0.1) is 0 Å². The van der Waals surface area contributed by atoms with Gasteiger partial charge in [0.2, 0.25) is 0 Å². The normalized spacial score (nSPS) is 13.9. The first kappa shape index (κ1) is 23.6. The molecule has 0 saturated carbocycles. The number of benzene rings is 1. The number of aliphatic hydroxyl groups is 1. The molecule has 0 amide bonds. The van der Waals surface area contributed by atoms with Crippen LogP contribution in [0.15, 0.2) is 48.7 Å². The Morgan fingerprint density at radius 1 is 1.03 bits per heavy atom. The Labute approximate surface area is 185 Å². The molecule has 4 N–H and O–H groups in total. The molecule has 0 fully saturated rings. The van der Waals surface area contributed by atoms with E-state index in [1.54, 1.807) is 5.56 Å². The number of halogens is 2. The molecule has 1 unspecified atom stereocenters. The van der Waals surface area contributed by atoms with Crippen molar-refractivity contribution in [2.45, 2.75) is 44.6 Å². The van der Waals surface area contributed by atoms with Crippen LogP contribution in [0.3, 0.4) is 0 Å². The van der Waals surface area contributed by atoms with Crippen LogP contribution in [0.5, 0.6) is 0 Å². The molecule has 0 aliphatic heterocycles. The average Bonchev–Trinajstić information content (AvgIpc) is 3.01. The van der Waals surface area contributed by atoms with Crippen LogP contribution in [0.1, 0.15) is 35.2 Å².